The predicted molar refractivity (Wildman–Crippen MR) is 73.5 cm³/mol. The smallest absolute Gasteiger partial charge is 0.229 e. The van der Waals surface area contributed by atoms with Crippen LogP contribution in [0.4, 0.5) is 5.82 Å². The number of nitrogens with zero attached hydrogens (tertiary/aromatic N) is 5. The van der Waals surface area contributed by atoms with E-state index in [2.05, 4.69) is 20.5 Å². The minimum Gasteiger partial charge on any atom is -0.308 e. The number of carbonyl (C=O) groups is 2. The van der Waals surface area contributed by atoms with Gasteiger partial charge in [-0.1, -0.05) is 0 Å². The van der Waals surface area contributed by atoms with Crippen LogP contribution in [0, 0.1) is 0 Å². The highest BCUT2D eigenvalue weighted by Gasteiger charge is 2.27. The lowest BCUT2D eigenvalue weighted by atomic mass is 10.1. The Morgan fingerprint density at radius 3 is 2.67 bits per heavy atom. The number of rotatable bonds is 3. The molecule has 2 amide bonds. The lowest BCUT2D eigenvalue weighted by Crippen LogP contribution is -2.39. The highest BCUT2D eigenvalue weighted by Crippen LogP contribution is 2.20. The summed E-state index contributed by atoms with van der Waals surface area (Å²) < 4.78 is 1.58. The van der Waals surface area contributed by atoms with Crippen molar-refractivity contribution in [3.8, 4) is 0 Å². The first-order valence-corrected chi connectivity index (χ1v) is 6.58. The first-order valence-electron chi connectivity index (χ1n) is 6.58. The van der Waals surface area contributed by atoms with E-state index in [1.807, 2.05) is 0 Å². The second kappa shape index (κ2) is 5.09. The van der Waals surface area contributed by atoms with Gasteiger partial charge in [-0.05, 0) is 6.42 Å². The van der Waals surface area contributed by atoms with Gasteiger partial charge in [-0.25, -0.2) is 15.8 Å². The lowest BCUT2D eigenvalue weighted by Gasteiger charge is -2.24. The zero-order valence-electron chi connectivity index (χ0n) is 11.5. The summed E-state index contributed by atoms with van der Waals surface area (Å²) in [5.74, 6) is 5.84. The van der Waals surface area contributed by atoms with Crippen LogP contribution in [-0.2, 0) is 23.2 Å². The Balaban J connectivity index is 1.98. The molecule has 1 saturated heterocycles. The minimum atomic E-state index is -0.192. The number of likely N-dealkylation sites (tertiary alicyclic amines) is 1. The van der Waals surface area contributed by atoms with Crippen molar-refractivity contribution in [1.29, 1.82) is 0 Å². The van der Waals surface area contributed by atoms with Gasteiger partial charge in [0.25, 0.3) is 0 Å². The highest BCUT2D eigenvalue weighted by atomic mass is 16.2. The number of nitrogens with one attached hydrogen (secondary N) is 1. The van der Waals surface area contributed by atoms with Gasteiger partial charge in [-0.3, -0.25) is 19.2 Å². The summed E-state index contributed by atoms with van der Waals surface area (Å²) >= 11 is 0. The fourth-order valence-electron chi connectivity index (χ4n) is 2.37. The number of anilines is 1. The number of aryl methyl sites for hydroxylation is 1. The number of aromatic nitrogens is 4. The van der Waals surface area contributed by atoms with E-state index in [1.54, 1.807) is 17.9 Å². The van der Waals surface area contributed by atoms with Crippen LogP contribution in [0.2, 0.25) is 0 Å². The van der Waals surface area contributed by atoms with Crippen LogP contribution in [-0.4, -0.2) is 36.5 Å². The number of fused-ring (bicyclic) bond motifs is 1. The molecule has 3 heterocycles. The maximum atomic E-state index is 11.8. The molecule has 2 aromatic heterocycles. The van der Waals surface area contributed by atoms with Crippen LogP contribution in [0.5, 0.6) is 0 Å². The van der Waals surface area contributed by atoms with Gasteiger partial charge in [0.1, 0.15) is 0 Å². The number of nitrogens with two attached hydrogens (primary N) is 1. The molecular formula is C12H15N7O2. The molecule has 3 N–H and O–H groups in total. The molecule has 0 atom stereocenters. The fourth-order valence-corrected chi connectivity index (χ4v) is 2.37. The number of amides is 2. The van der Waals surface area contributed by atoms with Crippen molar-refractivity contribution in [3.63, 3.8) is 0 Å². The van der Waals surface area contributed by atoms with Crippen molar-refractivity contribution < 1.29 is 9.59 Å². The van der Waals surface area contributed by atoms with E-state index in [0.717, 1.165) is 0 Å². The Bertz CT molecular complexity index is 708. The number of nitrogen functional groups attached to an aromatic ring is 1. The van der Waals surface area contributed by atoms with E-state index in [0.29, 0.717) is 41.9 Å². The minimum absolute atomic E-state index is 0.0491. The molecule has 0 aliphatic carbocycles. The molecule has 0 spiro atoms. The van der Waals surface area contributed by atoms with Crippen molar-refractivity contribution in [1.82, 2.24) is 24.6 Å². The third-order valence-electron chi connectivity index (χ3n) is 3.46. The SMILES string of the molecule is Cn1ncc2c(NN)nc(CN3C(=O)CCCC3=O)nc21. The summed E-state index contributed by atoms with van der Waals surface area (Å²) in [5, 5.41) is 4.77. The number of piperidine rings is 1. The second-order valence-electron chi connectivity index (χ2n) is 4.87. The van der Waals surface area contributed by atoms with Crippen molar-refractivity contribution in [2.24, 2.45) is 12.9 Å². The first-order chi connectivity index (χ1) is 10.1. The summed E-state index contributed by atoms with van der Waals surface area (Å²) in [5.41, 5.74) is 3.08. The normalized spacial score (nSPS) is 15.8. The largest absolute Gasteiger partial charge is 0.308 e. The zero-order chi connectivity index (χ0) is 15.0. The molecule has 0 saturated carbocycles. The Morgan fingerprint density at radius 2 is 2.00 bits per heavy atom. The van der Waals surface area contributed by atoms with Crippen molar-refractivity contribution in [2.75, 3.05) is 5.43 Å². The molecule has 1 fully saturated rings. The molecule has 110 valence electrons. The molecule has 1 aliphatic heterocycles. The quantitative estimate of drug-likeness (QED) is 0.452. The number of carbonyl (C=O) groups excluding carboxylic acids is 2. The van der Waals surface area contributed by atoms with E-state index in [-0.39, 0.29) is 18.4 Å². The van der Waals surface area contributed by atoms with Gasteiger partial charge in [-0.15, -0.1) is 0 Å². The Kier molecular flexibility index (Phi) is 3.26. The molecule has 9 nitrogen and oxygen atoms in total. The van der Waals surface area contributed by atoms with E-state index in [9.17, 15) is 9.59 Å². The standard InChI is InChI=1S/C12H15N7O2/c1-18-12-7(5-14-18)11(17-13)15-8(16-12)6-19-9(20)3-2-4-10(19)21/h5H,2-4,6,13H2,1H3,(H,15,16,17). The van der Waals surface area contributed by atoms with Crippen molar-refractivity contribution >= 4 is 28.7 Å². The third-order valence-corrected chi connectivity index (χ3v) is 3.46. The summed E-state index contributed by atoms with van der Waals surface area (Å²) in [6.45, 7) is 0.0491. The monoisotopic (exact) mass is 289 g/mol. The van der Waals surface area contributed by atoms with Gasteiger partial charge in [0.2, 0.25) is 11.8 Å². The second-order valence-corrected chi connectivity index (χ2v) is 4.87. The number of hydrazine groups is 1. The average Bonchev–Trinajstić information content (AvgIpc) is 2.84. The molecule has 0 aromatic carbocycles. The van der Waals surface area contributed by atoms with Crippen LogP contribution in [0.1, 0.15) is 25.1 Å². The molecule has 1 aliphatic rings. The molecule has 0 radical (unpaired) electrons. The Labute approximate surface area is 120 Å². The molecule has 3 rings (SSSR count). The molecule has 2 aromatic rings. The van der Waals surface area contributed by atoms with Crippen LogP contribution < -0.4 is 11.3 Å². The molecule has 21 heavy (non-hydrogen) atoms. The van der Waals surface area contributed by atoms with E-state index < -0.39 is 0 Å². The third kappa shape index (κ3) is 2.31. The number of hydrogen-bond donors (Lipinski definition) is 2. The van der Waals surface area contributed by atoms with E-state index in [1.165, 1.54) is 4.90 Å². The van der Waals surface area contributed by atoms with Gasteiger partial charge in [0.05, 0.1) is 18.1 Å². The van der Waals surface area contributed by atoms with Crippen LogP contribution in [0.25, 0.3) is 11.0 Å². The zero-order valence-corrected chi connectivity index (χ0v) is 11.5. The Hall–Kier alpha value is -2.55. The maximum Gasteiger partial charge on any atom is 0.229 e. The summed E-state index contributed by atoms with van der Waals surface area (Å²) in [6, 6.07) is 0. The summed E-state index contributed by atoms with van der Waals surface area (Å²) in [7, 11) is 1.75. The highest BCUT2D eigenvalue weighted by molar-refractivity contribution is 5.97. The molecule has 0 bridgehead atoms. The van der Waals surface area contributed by atoms with Gasteiger partial charge in [-0.2, -0.15) is 5.10 Å². The Morgan fingerprint density at radius 1 is 1.29 bits per heavy atom. The van der Waals surface area contributed by atoms with E-state index in [4.69, 9.17) is 5.84 Å². The van der Waals surface area contributed by atoms with Gasteiger partial charge < -0.3 is 5.43 Å². The van der Waals surface area contributed by atoms with Gasteiger partial charge in [0, 0.05) is 19.9 Å². The number of hydrogen-bond acceptors (Lipinski definition) is 7. The van der Waals surface area contributed by atoms with E-state index >= 15 is 0 Å². The molecule has 0 unspecified atom stereocenters. The average molecular weight is 289 g/mol. The molecule has 9 heteroatoms. The van der Waals surface area contributed by atoms with Gasteiger partial charge in [0.15, 0.2) is 17.3 Å². The van der Waals surface area contributed by atoms with Crippen molar-refractivity contribution in [2.45, 2.75) is 25.8 Å². The van der Waals surface area contributed by atoms with Crippen LogP contribution >= 0.6 is 0 Å². The van der Waals surface area contributed by atoms with Crippen LogP contribution in [0.3, 0.4) is 0 Å². The molecular weight excluding hydrogens is 274 g/mol. The fraction of sp³-hybridized carbons (Fsp3) is 0.417. The first kappa shape index (κ1) is 13.4. The topological polar surface area (TPSA) is 119 Å². The maximum absolute atomic E-state index is 11.8. The van der Waals surface area contributed by atoms with Crippen LogP contribution in [0.15, 0.2) is 6.20 Å². The lowest BCUT2D eigenvalue weighted by molar-refractivity contribution is -0.148. The van der Waals surface area contributed by atoms with Crippen molar-refractivity contribution in [3.05, 3.63) is 12.0 Å². The summed E-state index contributed by atoms with van der Waals surface area (Å²) in [6.07, 6.45) is 2.96. The predicted octanol–water partition coefficient (Wildman–Crippen LogP) is -0.312. The number of imide groups is 1. The van der Waals surface area contributed by atoms with Gasteiger partial charge >= 0.3 is 0 Å². The summed E-state index contributed by atoms with van der Waals surface area (Å²) in [4.78, 5) is 33.5.